The van der Waals surface area contributed by atoms with Crippen LogP contribution >= 0.6 is 0 Å². The Balaban J connectivity index is 2.71. The molecule has 1 aliphatic heterocycles. The van der Waals surface area contributed by atoms with Gasteiger partial charge in [0, 0.05) is 32.3 Å². The minimum Gasteiger partial charge on any atom is -0.381 e. The molecule has 0 aliphatic carbocycles. The Labute approximate surface area is 110 Å². The molecule has 0 unspecified atom stereocenters. The van der Waals surface area contributed by atoms with E-state index in [1.165, 1.54) is 0 Å². The monoisotopic (exact) mass is 257 g/mol. The van der Waals surface area contributed by atoms with Gasteiger partial charge in [-0.25, -0.2) is 4.79 Å². The smallest absolute Gasteiger partial charge is 0.318 e. The van der Waals surface area contributed by atoms with Gasteiger partial charge in [-0.3, -0.25) is 0 Å². The van der Waals surface area contributed by atoms with E-state index in [1.54, 1.807) is 4.90 Å². The number of hydrogen-bond donors (Lipinski definition) is 2. The van der Waals surface area contributed by atoms with E-state index in [0.717, 1.165) is 19.3 Å². The largest absolute Gasteiger partial charge is 0.381 e. The highest BCUT2D eigenvalue weighted by Gasteiger charge is 2.38. The van der Waals surface area contributed by atoms with E-state index in [4.69, 9.17) is 10.5 Å². The molecular weight excluding hydrogens is 230 g/mol. The van der Waals surface area contributed by atoms with Crippen molar-refractivity contribution in [2.45, 2.75) is 51.1 Å². The SMILES string of the molecule is CCC(C)(C)NC(=O)N(C)C1(CN)CCOCC1. The molecule has 106 valence electrons. The standard InChI is InChI=1S/C13H27N3O2/c1-5-12(2,3)15-11(17)16(4)13(10-14)6-8-18-9-7-13/h5-10,14H2,1-4H3,(H,15,17). The molecule has 0 bridgehead atoms. The molecule has 5 heteroatoms. The number of rotatable bonds is 4. The zero-order valence-corrected chi connectivity index (χ0v) is 12.1. The van der Waals surface area contributed by atoms with Crippen molar-refractivity contribution in [1.82, 2.24) is 10.2 Å². The number of nitrogens with one attached hydrogen (secondary N) is 1. The zero-order chi connectivity index (χ0) is 13.8. The summed E-state index contributed by atoms with van der Waals surface area (Å²) in [7, 11) is 1.83. The summed E-state index contributed by atoms with van der Waals surface area (Å²) in [6.07, 6.45) is 2.51. The Morgan fingerprint density at radius 2 is 2.00 bits per heavy atom. The first kappa shape index (κ1) is 15.2. The maximum Gasteiger partial charge on any atom is 0.318 e. The Kier molecular flexibility index (Phi) is 4.99. The van der Waals surface area contributed by atoms with Crippen LogP contribution in [0, 0.1) is 0 Å². The molecule has 0 aromatic carbocycles. The number of carbonyl (C=O) groups excluding carboxylic acids is 1. The lowest BCUT2D eigenvalue weighted by atomic mass is 9.88. The highest BCUT2D eigenvalue weighted by molar-refractivity contribution is 5.75. The lowest BCUT2D eigenvalue weighted by Crippen LogP contribution is -2.61. The van der Waals surface area contributed by atoms with Crippen LogP contribution in [0.1, 0.15) is 40.0 Å². The molecule has 18 heavy (non-hydrogen) atoms. The van der Waals surface area contributed by atoms with Gasteiger partial charge in [-0.15, -0.1) is 0 Å². The molecule has 1 saturated heterocycles. The average Bonchev–Trinajstić information content (AvgIpc) is 2.38. The number of urea groups is 1. The summed E-state index contributed by atoms with van der Waals surface area (Å²) in [5.74, 6) is 0. The van der Waals surface area contributed by atoms with E-state index >= 15 is 0 Å². The Bertz CT molecular complexity index is 286. The van der Waals surface area contributed by atoms with Crippen LogP contribution in [0.4, 0.5) is 4.79 Å². The molecule has 1 fully saturated rings. The quantitative estimate of drug-likeness (QED) is 0.798. The van der Waals surface area contributed by atoms with Crippen molar-refractivity contribution >= 4 is 6.03 Å². The number of nitrogens with two attached hydrogens (primary N) is 1. The molecule has 1 heterocycles. The molecule has 0 aromatic rings. The summed E-state index contributed by atoms with van der Waals surface area (Å²) in [4.78, 5) is 14.1. The van der Waals surface area contributed by atoms with Gasteiger partial charge in [0.25, 0.3) is 0 Å². The number of nitrogens with zero attached hydrogens (tertiary/aromatic N) is 1. The molecule has 3 N–H and O–H groups in total. The summed E-state index contributed by atoms with van der Waals surface area (Å²) in [6, 6.07) is -0.0470. The first-order valence-electron chi connectivity index (χ1n) is 6.71. The zero-order valence-electron chi connectivity index (χ0n) is 12.1. The van der Waals surface area contributed by atoms with Gasteiger partial charge >= 0.3 is 6.03 Å². The van der Waals surface area contributed by atoms with Gasteiger partial charge in [0.05, 0.1) is 5.54 Å². The van der Waals surface area contributed by atoms with Crippen LogP contribution in [-0.4, -0.2) is 48.8 Å². The fourth-order valence-electron chi connectivity index (χ4n) is 2.10. The van der Waals surface area contributed by atoms with Crippen molar-refractivity contribution in [3.8, 4) is 0 Å². The summed E-state index contributed by atoms with van der Waals surface area (Å²) < 4.78 is 5.36. The van der Waals surface area contributed by atoms with Crippen molar-refractivity contribution in [3.05, 3.63) is 0 Å². The van der Waals surface area contributed by atoms with Crippen molar-refractivity contribution in [1.29, 1.82) is 0 Å². The minimum atomic E-state index is -0.258. The molecule has 2 amide bonds. The van der Waals surface area contributed by atoms with Crippen LogP contribution in [0.3, 0.4) is 0 Å². The van der Waals surface area contributed by atoms with Crippen molar-refractivity contribution in [2.75, 3.05) is 26.8 Å². The van der Waals surface area contributed by atoms with Crippen LogP contribution in [-0.2, 0) is 4.74 Å². The summed E-state index contributed by atoms with van der Waals surface area (Å²) in [5.41, 5.74) is 5.45. The topological polar surface area (TPSA) is 67.6 Å². The molecule has 0 radical (unpaired) electrons. The average molecular weight is 257 g/mol. The van der Waals surface area contributed by atoms with Crippen LogP contribution in [0.5, 0.6) is 0 Å². The molecule has 0 aromatic heterocycles. The second kappa shape index (κ2) is 5.89. The highest BCUT2D eigenvalue weighted by Crippen LogP contribution is 2.26. The Hall–Kier alpha value is -0.810. The van der Waals surface area contributed by atoms with Crippen LogP contribution < -0.4 is 11.1 Å². The lowest BCUT2D eigenvalue weighted by molar-refractivity contribution is 0.00171. The molecule has 0 spiro atoms. The number of likely N-dealkylation sites (N-methyl/N-ethyl adjacent to an activating group) is 1. The second-order valence-corrected chi connectivity index (χ2v) is 5.77. The second-order valence-electron chi connectivity index (χ2n) is 5.77. The number of ether oxygens (including phenoxy) is 1. The van der Waals surface area contributed by atoms with Crippen LogP contribution in [0.15, 0.2) is 0 Å². The normalized spacial score (nSPS) is 19.4. The third-order valence-corrected chi connectivity index (χ3v) is 4.15. The third kappa shape index (κ3) is 3.36. The number of carbonyl (C=O) groups is 1. The van der Waals surface area contributed by atoms with E-state index in [9.17, 15) is 4.79 Å². The fraction of sp³-hybridized carbons (Fsp3) is 0.923. The first-order valence-corrected chi connectivity index (χ1v) is 6.71. The van der Waals surface area contributed by atoms with Crippen LogP contribution in [0.25, 0.3) is 0 Å². The van der Waals surface area contributed by atoms with Crippen LogP contribution in [0.2, 0.25) is 0 Å². The van der Waals surface area contributed by atoms with Crippen molar-refractivity contribution in [3.63, 3.8) is 0 Å². The van der Waals surface area contributed by atoms with Gasteiger partial charge in [0.1, 0.15) is 0 Å². The number of amides is 2. The third-order valence-electron chi connectivity index (χ3n) is 4.15. The van der Waals surface area contributed by atoms with Crippen molar-refractivity contribution in [2.24, 2.45) is 5.73 Å². The minimum absolute atomic E-state index is 0.0470. The predicted molar refractivity (Wildman–Crippen MR) is 72.5 cm³/mol. The maximum atomic E-state index is 12.3. The van der Waals surface area contributed by atoms with Gasteiger partial charge in [0.2, 0.25) is 0 Å². The number of hydrogen-bond acceptors (Lipinski definition) is 3. The van der Waals surface area contributed by atoms with E-state index in [1.807, 2.05) is 20.9 Å². The molecule has 5 nitrogen and oxygen atoms in total. The van der Waals surface area contributed by atoms with Gasteiger partial charge in [-0.05, 0) is 33.1 Å². The molecular formula is C13H27N3O2. The van der Waals surface area contributed by atoms with E-state index in [2.05, 4.69) is 12.2 Å². The summed E-state index contributed by atoms with van der Waals surface area (Å²) >= 11 is 0. The Morgan fingerprint density at radius 1 is 1.44 bits per heavy atom. The first-order chi connectivity index (χ1) is 8.37. The molecule has 0 saturated carbocycles. The molecule has 1 aliphatic rings. The Morgan fingerprint density at radius 3 is 2.44 bits per heavy atom. The van der Waals surface area contributed by atoms with E-state index in [0.29, 0.717) is 19.8 Å². The molecule has 1 rings (SSSR count). The van der Waals surface area contributed by atoms with E-state index < -0.39 is 0 Å². The highest BCUT2D eigenvalue weighted by atomic mass is 16.5. The maximum absolute atomic E-state index is 12.3. The lowest BCUT2D eigenvalue weighted by Gasteiger charge is -2.44. The van der Waals surface area contributed by atoms with Gasteiger partial charge in [0.15, 0.2) is 0 Å². The van der Waals surface area contributed by atoms with Gasteiger partial charge in [-0.1, -0.05) is 6.92 Å². The van der Waals surface area contributed by atoms with Crippen molar-refractivity contribution < 1.29 is 9.53 Å². The van der Waals surface area contributed by atoms with E-state index in [-0.39, 0.29) is 17.1 Å². The fourth-order valence-corrected chi connectivity index (χ4v) is 2.10. The summed E-state index contributed by atoms with van der Waals surface area (Å²) in [6.45, 7) is 7.94. The predicted octanol–water partition coefficient (Wildman–Crippen LogP) is 1.32. The molecule has 0 atom stereocenters. The summed E-state index contributed by atoms with van der Waals surface area (Å²) in [5, 5.41) is 3.05. The van der Waals surface area contributed by atoms with Gasteiger partial charge < -0.3 is 20.7 Å². The van der Waals surface area contributed by atoms with Gasteiger partial charge in [-0.2, -0.15) is 0 Å².